The molecule has 3 saturated carbocycles. The Morgan fingerprint density at radius 1 is 1.21 bits per heavy atom. The molecular formula is C25H34O7S. The van der Waals surface area contributed by atoms with E-state index in [1.807, 2.05) is 6.92 Å². The van der Waals surface area contributed by atoms with Crippen molar-refractivity contribution in [2.24, 2.45) is 28.6 Å². The molecule has 7 nitrogen and oxygen atoms in total. The monoisotopic (exact) mass is 478 g/mol. The SMILES string of the molecule is CC(=O)O[C@H]1C[C@@]2(C)[C@@H](CC[C@]2(O)C(=O)CO)[C@H]2[C@H]1[C@@]1(C)CCC(=O)C=C1C[C@H]2SC(C)=O. The maximum absolute atomic E-state index is 12.8. The highest BCUT2D eigenvalue weighted by Crippen LogP contribution is 2.69. The molecule has 4 aliphatic carbocycles. The first-order valence-electron chi connectivity index (χ1n) is 11.8. The molecule has 182 valence electrons. The number of ether oxygens (including phenoxy) is 1. The normalized spacial score (nSPS) is 44.2. The zero-order chi connectivity index (χ0) is 24.3. The van der Waals surface area contributed by atoms with E-state index in [-0.39, 0.29) is 45.7 Å². The molecule has 0 heterocycles. The number of thioether (sulfide) groups is 1. The molecule has 0 bridgehead atoms. The summed E-state index contributed by atoms with van der Waals surface area (Å²) in [7, 11) is 0. The van der Waals surface area contributed by atoms with Crippen LogP contribution in [0.25, 0.3) is 0 Å². The van der Waals surface area contributed by atoms with Crippen LogP contribution in [0.4, 0.5) is 0 Å². The highest BCUT2D eigenvalue weighted by molar-refractivity contribution is 8.14. The molecule has 0 unspecified atom stereocenters. The second-order valence-corrected chi connectivity index (χ2v) is 12.3. The number of esters is 1. The van der Waals surface area contributed by atoms with Gasteiger partial charge in [0.15, 0.2) is 16.7 Å². The van der Waals surface area contributed by atoms with Gasteiger partial charge in [-0.25, -0.2) is 0 Å². The third kappa shape index (κ3) is 3.64. The van der Waals surface area contributed by atoms with E-state index in [2.05, 4.69) is 6.92 Å². The Labute approximate surface area is 198 Å². The van der Waals surface area contributed by atoms with Crippen molar-refractivity contribution in [3.8, 4) is 0 Å². The summed E-state index contributed by atoms with van der Waals surface area (Å²) >= 11 is 1.25. The Balaban J connectivity index is 1.88. The summed E-state index contributed by atoms with van der Waals surface area (Å²) in [5, 5.41) is 21.0. The van der Waals surface area contributed by atoms with Crippen LogP contribution in [-0.4, -0.2) is 56.4 Å². The molecule has 2 N–H and O–H groups in total. The van der Waals surface area contributed by atoms with E-state index in [4.69, 9.17) is 4.74 Å². The van der Waals surface area contributed by atoms with Gasteiger partial charge in [0, 0.05) is 36.9 Å². The van der Waals surface area contributed by atoms with Gasteiger partial charge < -0.3 is 14.9 Å². The van der Waals surface area contributed by atoms with E-state index < -0.39 is 35.5 Å². The quantitative estimate of drug-likeness (QED) is 0.592. The standard InChI is InChI=1S/C25H34O7S/c1-13(27)32-18-11-24(4)17(6-8-25(24,31)20(30)12-26)21-19(33-14(2)28)10-15-9-16(29)5-7-23(15,3)22(18)21/h9,17-19,21-22,26,31H,5-8,10-12H2,1-4H3/t17-,18-,19+,21+,22-,23-,24-,25-/m0/s1. The van der Waals surface area contributed by atoms with E-state index >= 15 is 0 Å². The number of carbonyl (C=O) groups is 4. The average molecular weight is 479 g/mol. The van der Waals surface area contributed by atoms with Gasteiger partial charge in [0.2, 0.25) is 0 Å². The van der Waals surface area contributed by atoms with Gasteiger partial charge in [-0.1, -0.05) is 31.2 Å². The van der Waals surface area contributed by atoms with Crippen molar-refractivity contribution in [3.05, 3.63) is 11.6 Å². The van der Waals surface area contributed by atoms with Crippen molar-refractivity contribution >= 4 is 34.4 Å². The molecule has 0 aromatic rings. The smallest absolute Gasteiger partial charge is 0.302 e. The van der Waals surface area contributed by atoms with Gasteiger partial charge in [0.05, 0.1) is 0 Å². The van der Waals surface area contributed by atoms with Crippen LogP contribution in [0.2, 0.25) is 0 Å². The Kier molecular flexibility index (Phi) is 6.20. The highest BCUT2D eigenvalue weighted by atomic mass is 32.2. The van der Waals surface area contributed by atoms with Gasteiger partial charge in [-0.15, -0.1) is 0 Å². The van der Waals surface area contributed by atoms with Gasteiger partial charge in [-0.3, -0.25) is 19.2 Å². The van der Waals surface area contributed by atoms with Crippen LogP contribution in [0.3, 0.4) is 0 Å². The number of Topliss-reactive ketones (excluding diaryl/α,β-unsaturated/α-hetero) is 1. The topological polar surface area (TPSA) is 118 Å². The van der Waals surface area contributed by atoms with Crippen LogP contribution in [0.5, 0.6) is 0 Å². The summed E-state index contributed by atoms with van der Waals surface area (Å²) in [6, 6.07) is 0. The van der Waals surface area contributed by atoms with Gasteiger partial charge >= 0.3 is 5.97 Å². The molecule has 0 radical (unpaired) electrons. The van der Waals surface area contributed by atoms with Crippen LogP contribution < -0.4 is 0 Å². The number of aliphatic hydroxyl groups is 2. The minimum absolute atomic E-state index is 0.0268. The molecule has 0 aromatic carbocycles. The van der Waals surface area contributed by atoms with Crippen molar-refractivity contribution in [3.63, 3.8) is 0 Å². The second-order valence-electron chi connectivity index (χ2n) is 10.9. The summed E-state index contributed by atoms with van der Waals surface area (Å²) in [5.41, 5.74) is -1.96. The predicted octanol–water partition coefficient (Wildman–Crippen LogP) is 2.61. The Hall–Kier alpha value is -1.51. The molecular weight excluding hydrogens is 444 g/mol. The van der Waals surface area contributed by atoms with E-state index in [0.29, 0.717) is 32.1 Å². The Morgan fingerprint density at radius 2 is 1.91 bits per heavy atom. The molecule has 0 aliphatic heterocycles. The van der Waals surface area contributed by atoms with Gasteiger partial charge in [0.1, 0.15) is 18.3 Å². The lowest BCUT2D eigenvalue weighted by Crippen LogP contribution is -2.64. The van der Waals surface area contributed by atoms with Gasteiger partial charge in [0.25, 0.3) is 0 Å². The van der Waals surface area contributed by atoms with Crippen LogP contribution in [0.15, 0.2) is 11.6 Å². The first-order chi connectivity index (χ1) is 15.4. The fraction of sp³-hybridized carbons (Fsp3) is 0.760. The van der Waals surface area contributed by atoms with E-state index in [9.17, 15) is 29.4 Å². The largest absolute Gasteiger partial charge is 0.462 e. The predicted molar refractivity (Wildman–Crippen MR) is 122 cm³/mol. The molecule has 0 amide bonds. The lowest BCUT2D eigenvalue weighted by molar-refractivity contribution is -0.194. The first kappa shape index (κ1) is 24.6. The van der Waals surface area contributed by atoms with Crippen molar-refractivity contribution in [1.82, 2.24) is 0 Å². The number of rotatable bonds is 4. The first-order valence-corrected chi connectivity index (χ1v) is 12.7. The minimum Gasteiger partial charge on any atom is -0.462 e. The van der Waals surface area contributed by atoms with E-state index in [0.717, 1.165) is 5.57 Å². The van der Waals surface area contributed by atoms with Crippen LogP contribution in [-0.2, 0) is 23.9 Å². The summed E-state index contributed by atoms with van der Waals surface area (Å²) in [6.07, 6.45) is 3.95. The number of hydrogen-bond donors (Lipinski definition) is 2. The number of aliphatic hydroxyl groups excluding tert-OH is 1. The maximum atomic E-state index is 12.8. The number of hydrogen-bond acceptors (Lipinski definition) is 8. The molecule has 8 heteroatoms. The zero-order valence-electron chi connectivity index (χ0n) is 19.8. The Bertz CT molecular complexity index is 928. The second kappa shape index (κ2) is 8.31. The lowest BCUT2D eigenvalue weighted by atomic mass is 9.45. The van der Waals surface area contributed by atoms with Crippen molar-refractivity contribution in [2.75, 3.05) is 6.61 Å². The molecule has 3 fully saturated rings. The van der Waals surface area contributed by atoms with Crippen molar-refractivity contribution in [2.45, 2.75) is 83.2 Å². The Morgan fingerprint density at radius 3 is 2.52 bits per heavy atom. The molecule has 0 aromatic heterocycles. The third-order valence-corrected chi connectivity index (χ3v) is 10.4. The molecule has 33 heavy (non-hydrogen) atoms. The summed E-state index contributed by atoms with van der Waals surface area (Å²) in [5.74, 6) is -1.25. The molecule has 4 aliphatic rings. The van der Waals surface area contributed by atoms with E-state index in [1.54, 1.807) is 6.08 Å². The van der Waals surface area contributed by atoms with Crippen LogP contribution in [0, 0.1) is 28.6 Å². The van der Waals surface area contributed by atoms with Crippen molar-refractivity contribution in [1.29, 1.82) is 0 Å². The number of carbonyl (C=O) groups excluding carboxylic acids is 4. The fourth-order valence-corrected chi connectivity index (χ4v) is 9.04. The van der Waals surface area contributed by atoms with E-state index in [1.165, 1.54) is 25.6 Å². The number of allylic oxidation sites excluding steroid dienone is 1. The third-order valence-electron chi connectivity index (χ3n) is 9.27. The van der Waals surface area contributed by atoms with Crippen LogP contribution >= 0.6 is 11.8 Å². The molecule has 8 atom stereocenters. The minimum atomic E-state index is -1.71. The summed E-state index contributed by atoms with van der Waals surface area (Å²) < 4.78 is 5.90. The van der Waals surface area contributed by atoms with Crippen molar-refractivity contribution < 1.29 is 34.1 Å². The molecule has 4 rings (SSSR count). The average Bonchev–Trinajstić information content (AvgIpc) is 2.99. The number of ketones is 2. The lowest BCUT2D eigenvalue weighted by Gasteiger charge is -2.62. The van der Waals surface area contributed by atoms with Gasteiger partial charge in [-0.2, -0.15) is 0 Å². The maximum Gasteiger partial charge on any atom is 0.302 e. The zero-order valence-corrected chi connectivity index (χ0v) is 20.6. The molecule has 0 saturated heterocycles. The number of fused-ring (bicyclic) bond motifs is 5. The summed E-state index contributed by atoms with van der Waals surface area (Å²) in [6.45, 7) is 6.15. The van der Waals surface area contributed by atoms with Gasteiger partial charge in [-0.05, 0) is 55.4 Å². The fourth-order valence-electron chi connectivity index (χ4n) is 7.83. The molecule has 0 spiro atoms. The van der Waals surface area contributed by atoms with Crippen LogP contribution in [0.1, 0.15) is 66.2 Å². The summed E-state index contributed by atoms with van der Waals surface area (Å²) in [4.78, 5) is 49.5. The highest BCUT2D eigenvalue weighted by Gasteiger charge is 2.70.